The number of alkyl halides is 1. The van der Waals surface area contributed by atoms with Crippen molar-refractivity contribution in [2.75, 3.05) is 24.3 Å². The first-order valence-corrected chi connectivity index (χ1v) is 13.7. The summed E-state index contributed by atoms with van der Waals surface area (Å²) in [6.07, 6.45) is 3.24. The Labute approximate surface area is 231 Å². The molecule has 3 aromatic rings. The van der Waals surface area contributed by atoms with Crippen LogP contribution in [0.15, 0.2) is 36.7 Å². The number of imidazole rings is 1. The Kier molecular flexibility index (Phi) is 8.27. The maximum atomic E-state index is 15.9. The molecule has 1 aliphatic carbocycles. The number of hydrogen-bond acceptors (Lipinski definition) is 9. The van der Waals surface area contributed by atoms with Crippen LogP contribution >= 0.6 is 0 Å². The number of hydrogen-bond donors (Lipinski definition) is 3. The molecule has 0 unspecified atom stereocenters. The number of aliphatic hydroxyl groups is 1. The Hall–Kier alpha value is -3.64. The molecule has 12 heteroatoms. The fraction of sp³-hybridized carbons (Fsp3) is 0.536. The number of esters is 1. The summed E-state index contributed by atoms with van der Waals surface area (Å²) in [5.41, 5.74) is -0.896. The van der Waals surface area contributed by atoms with E-state index in [0.29, 0.717) is 23.7 Å². The molecule has 2 fully saturated rings. The van der Waals surface area contributed by atoms with Gasteiger partial charge in [0, 0.05) is 13.5 Å². The number of carbonyl (C=O) groups excluding carboxylic acids is 2. The molecule has 1 saturated heterocycles. The van der Waals surface area contributed by atoms with Crippen molar-refractivity contribution in [3.63, 3.8) is 0 Å². The Morgan fingerprint density at radius 3 is 2.67 bits per heavy atom. The first-order valence-electron chi connectivity index (χ1n) is 13.7. The summed E-state index contributed by atoms with van der Waals surface area (Å²) >= 11 is 0. The summed E-state index contributed by atoms with van der Waals surface area (Å²) in [5, 5.41) is 16.4. The molecule has 1 aromatic carbocycles. The second-order valence-corrected chi connectivity index (χ2v) is 10.7. The molecular weight excluding hydrogens is 519 g/mol. The van der Waals surface area contributed by atoms with Crippen LogP contribution < -0.4 is 10.6 Å². The minimum absolute atomic E-state index is 0.00632. The molecule has 40 heavy (non-hydrogen) atoms. The minimum atomic E-state index is -2.25. The largest absolute Gasteiger partial charge is 0.463 e. The number of carbonyl (C=O) groups is 2. The van der Waals surface area contributed by atoms with E-state index in [1.165, 1.54) is 24.2 Å². The molecule has 1 aliphatic heterocycles. The third kappa shape index (κ3) is 5.92. The van der Waals surface area contributed by atoms with Crippen LogP contribution in [0.5, 0.6) is 0 Å². The fourth-order valence-corrected chi connectivity index (χ4v) is 5.48. The molecule has 0 spiro atoms. The van der Waals surface area contributed by atoms with E-state index in [1.54, 1.807) is 7.05 Å². The predicted molar refractivity (Wildman–Crippen MR) is 145 cm³/mol. The lowest BCUT2D eigenvalue weighted by atomic mass is 9.87. The van der Waals surface area contributed by atoms with Gasteiger partial charge < -0.3 is 19.9 Å². The van der Waals surface area contributed by atoms with Gasteiger partial charge in [-0.15, -0.1) is 0 Å². The van der Waals surface area contributed by atoms with Gasteiger partial charge in [-0.3, -0.25) is 19.5 Å². The van der Waals surface area contributed by atoms with Gasteiger partial charge in [0.05, 0.1) is 12.7 Å². The van der Waals surface area contributed by atoms with Crippen LogP contribution in [0.25, 0.3) is 11.2 Å². The van der Waals surface area contributed by atoms with E-state index in [4.69, 9.17) is 9.47 Å². The molecule has 2 aliphatic rings. The first-order chi connectivity index (χ1) is 19.3. The Bertz CT molecular complexity index is 1340. The number of ether oxygens (including phenoxy) is 2. The number of rotatable bonds is 9. The van der Waals surface area contributed by atoms with Gasteiger partial charge in [-0.1, -0.05) is 49.6 Å². The van der Waals surface area contributed by atoms with E-state index in [1.807, 2.05) is 30.3 Å². The molecule has 3 heterocycles. The zero-order valence-corrected chi connectivity index (χ0v) is 22.7. The highest BCUT2D eigenvalue weighted by Gasteiger charge is 2.55. The van der Waals surface area contributed by atoms with Crippen LogP contribution in [0.4, 0.5) is 16.2 Å². The van der Waals surface area contributed by atoms with Crippen LogP contribution in [-0.4, -0.2) is 68.0 Å². The SMILES string of the molecule is CNc1nc(NC(=O)Cc2ccccc2)nc2c1ncn2[C@@H]1O[C@H](COC(=O)CC2CCCCC2)[C@@H](O)[C@@]1(C)F. The third-order valence-corrected chi connectivity index (χ3v) is 7.68. The summed E-state index contributed by atoms with van der Waals surface area (Å²) in [5.74, 6) is -0.0628. The molecule has 5 rings (SSSR count). The molecule has 0 radical (unpaired) electrons. The van der Waals surface area contributed by atoms with E-state index < -0.39 is 24.1 Å². The minimum Gasteiger partial charge on any atom is -0.463 e. The van der Waals surface area contributed by atoms with Crippen molar-refractivity contribution in [2.45, 2.75) is 76.0 Å². The number of benzene rings is 1. The Morgan fingerprint density at radius 2 is 1.95 bits per heavy atom. The van der Waals surface area contributed by atoms with Crippen molar-refractivity contribution in [2.24, 2.45) is 5.92 Å². The number of aliphatic hydroxyl groups excluding tert-OH is 1. The quantitative estimate of drug-likeness (QED) is 0.339. The van der Waals surface area contributed by atoms with Crippen molar-refractivity contribution < 1.29 is 28.6 Å². The van der Waals surface area contributed by atoms with Crippen LogP contribution in [-0.2, 0) is 25.5 Å². The lowest BCUT2D eigenvalue weighted by molar-refractivity contribution is -0.151. The molecule has 11 nitrogen and oxygen atoms in total. The molecule has 4 atom stereocenters. The number of aromatic nitrogens is 4. The Balaban J connectivity index is 1.32. The van der Waals surface area contributed by atoms with Gasteiger partial charge in [0.2, 0.25) is 11.9 Å². The normalized spacial score (nSPS) is 25.1. The summed E-state index contributed by atoms with van der Waals surface area (Å²) in [6.45, 7) is 0.952. The van der Waals surface area contributed by atoms with E-state index in [2.05, 4.69) is 25.6 Å². The molecular formula is C28H35FN6O5. The highest BCUT2D eigenvalue weighted by Crippen LogP contribution is 2.43. The van der Waals surface area contributed by atoms with Gasteiger partial charge in [-0.2, -0.15) is 9.97 Å². The van der Waals surface area contributed by atoms with E-state index in [0.717, 1.165) is 31.2 Å². The molecule has 0 bridgehead atoms. The molecule has 1 amide bonds. The van der Waals surface area contributed by atoms with Crippen molar-refractivity contribution in [3.8, 4) is 0 Å². The summed E-state index contributed by atoms with van der Waals surface area (Å²) in [7, 11) is 1.64. The lowest BCUT2D eigenvalue weighted by Gasteiger charge is -2.24. The van der Waals surface area contributed by atoms with Crippen LogP contribution in [0.3, 0.4) is 0 Å². The molecule has 1 saturated carbocycles. The van der Waals surface area contributed by atoms with Crippen molar-refractivity contribution >= 4 is 34.8 Å². The van der Waals surface area contributed by atoms with Crippen molar-refractivity contribution in [1.29, 1.82) is 0 Å². The van der Waals surface area contributed by atoms with Crippen LogP contribution in [0, 0.1) is 5.92 Å². The van der Waals surface area contributed by atoms with Gasteiger partial charge in [-0.05, 0) is 31.2 Å². The van der Waals surface area contributed by atoms with E-state index in [-0.39, 0.29) is 36.5 Å². The number of nitrogens with one attached hydrogen (secondary N) is 2. The highest BCUT2D eigenvalue weighted by molar-refractivity contribution is 5.92. The molecule has 3 N–H and O–H groups in total. The second-order valence-electron chi connectivity index (χ2n) is 10.7. The van der Waals surface area contributed by atoms with Gasteiger partial charge in [0.1, 0.15) is 18.8 Å². The number of amides is 1. The van der Waals surface area contributed by atoms with Gasteiger partial charge in [0.25, 0.3) is 0 Å². The van der Waals surface area contributed by atoms with Crippen LogP contribution in [0.2, 0.25) is 0 Å². The van der Waals surface area contributed by atoms with Gasteiger partial charge in [0.15, 0.2) is 28.9 Å². The summed E-state index contributed by atoms with van der Waals surface area (Å²) < 4.78 is 28.6. The smallest absolute Gasteiger partial charge is 0.306 e. The second kappa shape index (κ2) is 11.8. The zero-order chi connectivity index (χ0) is 28.3. The number of nitrogens with zero attached hydrogens (tertiary/aromatic N) is 4. The number of anilines is 2. The first kappa shape index (κ1) is 27.9. The van der Waals surface area contributed by atoms with E-state index >= 15 is 4.39 Å². The van der Waals surface area contributed by atoms with Crippen LogP contribution in [0.1, 0.15) is 57.2 Å². The molecule has 2 aromatic heterocycles. The lowest BCUT2D eigenvalue weighted by Crippen LogP contribution is -2.41. The zero-order valence-electron chi connectivity index (χ0n) is 22.7. The van der Waals surface area contributed by atoms with Crippen molar-refractivity contribution in [1.82, 2.24) is 19.5 Å². The topological polar surface area (TPSA) is 140 Å². The van der Waals surface area contributed by atoms with Gasteiger partial charge >= 0.3 is 5.97 Å². The summed E-state index contributed by atoms with van der Waals surface area (Å²) in [6, 6.07) is 9.24. The molecule has 214 valence electrons. The highest BCUT2D eigenvalue weighted by atomic mass is 19.1. The maximum absolute atomic E-state index is 15.9. The van der Waals surface area contributed by atoms with Crippen molar-refractivity contribution in [3.05, 3.63) is 42.2 Å². The Morgan fingerprint density at radius 1 is 1.20 bits per heavy atom. The fourth-order valence-electron chi connectivity index (χ4n) is 5.48. The average molecular weight is 555 g/mol. The average Bonchev–Trinajstić information content (AvgIpc) is 3.45. The number of fused-ring (bicyclic) bond motifs is 1. The monoisotopic (exact) mass is 554 g/mol. The predicted octanol–water partition coefficient (Wildman–Crippen LogP) is 3.55. The maximum Gasteiger partial charge on any atom is 0.306 e. The third-order valence-electron chi connectivity index (χ3n) is 7.68. The summed E-state index contributed by atoms with van der Waals surface area (Å²) in [4.78, 5) is 38.1. The standard InChI is InChI=1S/C28H35FN6O5/c1-28(29)23(38)19(15-39-21(37)14-18-11-7-4-8-12-18)40-26(28)35-16-31-22-24(30-2)33-27(34-25(22)35)32-20(36)13-17-9-5-3-6-10-17/h3,5-6,9-10,16,18-19,23,26,38H,4,7-8,11-15H2,1-2H3,(H2,30,32,33,34,36)/t19-,23-,26-,28-/m1/s1. The number of halogens is 1. The van der Waals surface area contributed by atoms with E-state index in [9.17, 15) is 14.7 Å². The van der Waals surface area contributed by atoms with Gasteiger partial charge in [-0.25, -0.2) is 9.37 Å².